The molecule has 0 saturated heterocycles. The zero-order valence-corrected chi connectivity index (χ0v) is 15.8. The SMILES string of the molecule is Cc1ccc(CCN(Cc2ccco2)C(=O)C2CCC(C(=O)O)CC2)cc1. The fraction of sp³-hybridized carbons (Fsp3) is 0.455. The average molecular weight is 369 g/mol. The first kappa shape index (κ1) is 19.2. The molecule has 27 heavy (non-hydrogen) atoms. The van der Waals surface area contributed by atoms with E-state index in [0.717, 1.165) is 12.2 Å². The largest absolute Gasteiger partial charge is 0.481 e. The van der Waals surface area contributed by atoms with Crippen molar-refractivity contribution in [2.75, 3.05) is 6.54 Å². The zero-order valence-electron chi connectivity index (χ0n) is 15.8. The molecular formula is C22H27NO4. The number of aryl methyl sites for hydroxylation is 1. The van der Waals surface area contributed by atoms with Crippen molar-refractivity contribution in [1.82, 2.24) is 4.90 Å². The van der Waals surface area contributed by atoms with Gasteiger partial charge in [-0.1, -0.05) is 29.8 Å². The van der Waals surface area contributed by atoms with Gasteiger partial charge < -0.3 is 14.4 Å². The maximum Gasteiger partial charge on any atom is 0.306 e. The summed E-state index contributed by atoms with van der Waals surface area (Å²) in [6.45, 7) is 3.14. The molecule has 1 aromatic carbocycles. The molecule has 0 unspecified atom stereocenters. The number of carbonyl (C=O) groups excluding carboxylic acids is 1. The van der Waals surface area contributed by atoms with Crippen molar-refractivity contribution < 1.29 is 19.1 Å². The van der Waals surface area contributed by atoms with Crippen LogP contribution in [0, 0.1) is 18.8 Å². The van der Waals surface area contributed by atoms with E-state index in [1.54, 1.807) is 6.26 Å². The second-order valence-corrected chi connectivity index (χ2v) is 7.46. The van der Waals surface area contributed by atoms with E-state index in [0.29, 0.717) is 38.8 Å². The van der Waals surface area contributed by atoms with Crippen molar-refractivity contribution in [2.45, 2.75) is 45.6 Å². The number of hydrogen-bond acceptors (Lipinski definition) is 3. The number of rotatable bonds is 7. The third-order valence-electron chi connectivity index (χ3n) is 5.46. The Morgan fingerprint density at radius 3 is 2.33 bits per heavy atom. The van der Waals surface area contributed by atoms with E-state index < -0.39 is 5.97 Å². The fourth-order valence-electron chi connectivity index (χ4n) is 3.72. The molecule has 1 aliphatic carbocycles. The number of amides is 1. The van der Waals surface area contributed by atoms with Crippen LogP contribution in [0.3, 0.4) is 0 Å². The number of hydrogen-bond donors (Lipinski definition) is 1. The molecular weight excluding hydrogens is 342 g/mol. The minimum absolute atomic E-state index is 0.0893. The number of aliphatic carboxylic acids is 1. The smallest absolute Gasteiger partial charge is 0.306 e. The molecule has 1 heterocycles. The molecule has 0 radical (unpaired) electrons. The molecule has 5 heteroatoms. The Labute approximate surface area is 160 Å². The van der Waals surface area contributed by atoms with Crippen molar-refractivity contribution in [3.05, 3.63) is 59.5 Å². The van der Waals surface area contributed by atoms with Gasteiger partial charge in [-0.2, -0.15) is 0 Å². The lowest BCUT2D eigenvalue weighted by molar-refractivity contribution is -0.145. The molecule has 1 N–H and O–H groups in total. The minimum Gasteiger partial charge on any atom is -0.481 e. The van der Waals surface area contributed by atoms with Crippen LogP contribution >= 0.6 is 0 Å². The van der Waals surface area contributed by atoms with E-state index in [-0.39, 0.29) is 17.7 Å². The Morgan fingerprint density at radius 2 is 1.74 bits per heavy atom. The zero-order chi connectivity index (χ0) is 19.2. The number of carboxylic acid groups (broad SMARTS) is 1. The summed E-state index contributed by atoms with van der Waals surface area (Å²) in [5.41, 5.74) is 2.42. The summed E-state index contributed by atoms with van der Waals surface area (Å²) in [4.78, 5) is 26.1. The summed E-state index contributed by atoms with van der Waals surface area (Å²) in [6.07, 6.45) is 4.87. The summed E-state index contributed by atoms with van der Waals surface area (Å²) in [6, 6.07) is 12.1. The highest BCUT2D eigenvalue weighted by Crippen LogP contribution is 2.30. The van der Waals surface area contributed by atoms with Crippen LogP contribution < -0.4 is 0 Å². The lowest BCUT2D eigenvalue weighted by Crippen LogP contribution is -2.39. The van der Waals surface area contributed by atoms with E-state index in [4.69, 9.17) is 9.52 Å². The van der Waals surface area contributed by atoms with Gasteiger partial charge in [-0.3, -0.25) is 9.59 Å². The summed E-state index contributed by atoms with van der Waals surface area (Å²) in [5, 5.41) is 9.17. The average Bonchev–Trinajstić information content (AvgIpc) is 3.19. The third-order valence-corrected chi connectivity index (χ3v) is 5.46. The topological polar surface area (TPSA) is 70.8 Å². The van der Waals surface area contributed by atoms with Gasteiger partial charge in [0.25, 0.3) is 0 Å². The first-order chi connectivity index (χ1) is 13.0. The van der Waals surface area contributed by atoms with Gasteiger partial charge in [-0.05, 0) is 56.7 Å². The Hall–Kier alpha value is -2.56. The summed E-state index contributed by atoms with van der Waals surface area (Å²) >= 11 is 0. The standard InChI is InChI=1S/C22H27NO4/c1-16-4-6-17(7-5-16)12-13-23(15-20-3-2-14-27-20)21(24)18-8-10-19(11-9-18)22(25)26/h2-7,14,18-19H,8-13,15H2,1H3,(H,25,26). The van der Waals surface area contributed by atoms with Gasteiger partial charge in [-0.25, -0.2) is 0 Å². The minimum atomic E-state index is -0.743. The highest BCUT2D eigenvalue weighted by Gasteiger charge is 2.32. The normalized spacial score (nSPS) is 19.6. The molecule has 144 valence electrons. The Morgan fingerprint density at radius 1 is 1.07 bits per heavy atom. The Kier molecular flexibility index (Phi) is 6.32. The van der Waals surface area contributed by atoms with E-state index in [9.17, 15) is 9.59 Å². The van der Waals surface area contributed by atoms with Crippen molar-refractivity contribution in [1.29, 1.82) is 0 Å². The van der Waals surface area contributed by atoms with Crippen LogP contribution in [-0.2, 0) is 22.6 Å². The Bertz CT molecular complexity index is 743. The van der Waals surface area contributed by atoms with Crippen LogP contribution in [0.4, 0.5) is 0 Å². The number of carbonyl (C=O) groups is 2. The lowest BCUT2D eigenvalue weighted by Gasteiger charge is -2.30. The van der Waals surface area contributed by atoms with E-state index in [1.807, 2.05) is 17.0 Å². The van der Waals surface area contributed by atoms with Gasteiger partial charge in [0.15, 0.2) is 0 Å². The second-order valence-electron chi connectivity index (χ2n) is 7.46. The molecule has 1 amide bonds. The van der Waals surface area contributed by atoms with Crippen LogP contribution in [0.2, 0.25) is 0 Å². The molecule has 3 rings (SSSR count). The van der Waals surface area contributed by atoms with E-state index in [1.165, 1.54) is 11.1 Å². The second kappa shape index (κ2) is 8.89. The van der Waals surface area contributed by atoms with Crippen molar-refractivity contribution in [3.8, 4) is 0 Å². The molecule has 2 aromatic rings. The third kappa shape index (κ3) is 5.22. The first-order valence-electron chi connectivity index (χ1n) is 9.62. The van der Waals surface area contributed by atoms with Crippen LogP contribution in [-0.4, -0.2) is 28.4 Å². The lowest BCUT2D eigenvalue weighted by atomic mass is 9.81. The van der Waals surface area contributed by atoms with Gasteiger partial charge in [0.2, 0.25) is 5.91 Å². The van der Waals surface area contributed by atoms with Crippen LogP contribution in [0.25, 0.3) is 0 Å². The van der Waals surface area contributed by atoms with Crippen molar-refractivity contribution in [2.24, 2.45) is 11.8 Å². The van der Waals surface area contributed by atoms with Crippen molar-refractivity contribution in [3.63, 3.8) is 0 Å². The van der Waals surface area contributed by atoms with Gasteiger partial charge >= 0.3 is 5.97 Å². The van der Waals surface area contributed by atoms with E-state index >= 15 is 0 Å². The molecule has 1 fully saturated rings. The molecule has 0 atom stereocenters. The van der Waals surface area contributed by atoms with Crippen molar-refractivity contribution >= 4 is 11.9 Å². The van der Waals surface area contributed by atoms with Crippen LogP contribution in [0.15, 0.2) is 47.1 Å². The monoisotopic (exact) mass is 369 g/mol. The van der Waals surface area contributed by atoms with Crippen LogP contribution in [0.5, 0.6) is 0 Å². The quantitative estimate of drug-likeness (QED) is 0.799. The number of nitrogens with zero attached hydrogens (tertiary/aromatic N) is 1. The van der Waals surface area contributed by atoms with Crippen LogP contribution in [0.1, 0.15) is 42.6 Å². The summed E-state index contributed by atoms with van der Waals surface area (Å²) in [7, 11) is 0. The molecule has 0 aliphatic heterocycles. The highest BCUT2D eigenvalue weighted by atomic mass is 16.4. The Balaban J connectivity index is 1.64. The predicted molar refractivity (Wildman–Crippen MR) is 102 cm³/mol. The molecule has 5 nitrogen and oxygen atoms in total. The van der Waals surface area contributed by atoms with Gasteiger partial charge in [0.05, 0.1) is 18.7 Å². The maximum atomic E-state index is 13.1. The molecule has 1 aliphatic rings. The first-order valence-corrected chi connectivity index (χ1v) is 9.62. The van der Waals surface area contributed by atoms with Gasteiger partial charge in [-0.15, -0.1) is 0 Å². The number of furan rings is 1. The molecule has 1 saturated carbocycles. The molecule has 1 aromatic heterocycles. The van der Waals surface area contributed by atoms with Gasteiger partial charge in [0, 0.05) is 12.5 Å². The number of carboxylic acids is 1. The molecule has 0 bridgehead atoms. The summed E-state index contributed by atoms with van der Waals surface area (Å²) in [5.74, 6) is -0.254. The van der Waals surface area contributed by atoms with E-state index in [2.05, 4.69) is 31.2 Å². The van der Waals surface area contributed by atoms with Gasteiger partial charge in [0.1, 0.15) is 5.76 Å². The maximum absolute atomic E-state index is 13.1. The molecule has 0 spiro atoms. The highest BCUT2D eigenvalue weighted by molar-refractivity contribution is 5.79. The fourth-order valence-corrected chi connectivity index (χ4v) is 3.72. The predicted octanol–water partition coefficient (Wildman–Crippen LogP) is 4.05. The summed E-state index contributed by atoms with van der Waals surface area (Å²) < 4.78 is 5.45. The number of benzene rings is 1.